The summed E-state index contributed by atoms with van der Waals surface area (Å²) in [5.74, 6) is 5.91. The Kier molecular flexibility index (Phi) is 7.77. The third-order valence-electron chi connectivity index (χ3n) is 10.5. The van der Waals surface area contributed by atoms with Crippen LogP contribution in [0.5, 0.6) is 17.2 Å². The van der Waals surface area contributed by atoms with Gasteiger partial charge in [-0.2, -0.15) is 0 Å². The summed E-state index contributed by atoms with van der Waals surface area (Å²) in [6, 6.07) is 12.5. The standard InChI is InChI=1S/C33H47NO3/c1-6-34(7-2)21-23-8-11-27(20-31(23)36-5)37-17-15-25-9-13-30-32-22(3)18-24-19-26(35)10-12-28(24)29(32)14-16-33(25,30)4/h8,10-12,19-20,22,25,29-30,32,35H,6-7,9,13-18,21H2,1-5H3/t22-,25-,29-,30+,32-,33-/m1/s1. The normalized spacial score (nSPS) is 30.5. The van der Waals surface area contributed by atoms with Gasteiger partial charge in [0.15, 0.2) is 0 Å². The van der Waals surface area contributed by atoms with Gasteiger partial charge in [0.05, 0.1) is 13.7 Å². The van der Waals surface area contributed by atoms with Crippen molar-refractivity contribution >= 4 is 0 Å². The van der Waals surface area contributed by atoms with Crippen molar-refractivity contribution in [3.8, 4) is 17.2 Å². The number of methoxy groups -OCH3 is 1. The highest BCUT2D eigenvalue weighted by Crippen LogP contribution is 2.64. The van der Waals surface area contributed by atoms with Crippen LogP contribution in [0.25, 0.3) is 0 Å². The molecule has 0 aromatic heterocycles. The number of hydrogen-bond donors (Lipinski definition) is 1. The Labute approximate surface area is 224 Å². The highest BCUT2D eigenvalue weighted by atomic mass is 16.5. The molecular weight excluding hydrogens is 458 g/mol. The molecule has 4 nitrogen and oxygen atoms in total. The molecule has 0 radical (unpaired) electrons. The average Bonchev–Trinajstić information content (AvgIpc) is 3.23. The van der Waals surface area contributed by atoms with Gasteiger partial charge in [-0.25, -0.2) is 0 Å². The van der Waals surface area contributed by atoms with Crippen LogP contribution in [-0.2, 0) is 13.0 Å². The largest absolute Gasteiger partial charge is 0.508 e. The second-order valence-electron chi connectivity index (χ2n) is 12.2. The van der Waals surface area contributed by atoms with E-state index in [2.05, 4.69) is 56.9 Å². The lowest BCUT2D eigenvalue weighted by Gasteiger charge is -2.53. The molecule has 6 atom stereocenters. The van der Waals surface area contributed by atoms with E-state index in [0.29, 0.717) is 23.0 Å². The molecule has 0 unspecified atom stereocenters. The molecule has 3 aliphatic carbocycles. The first-order valence-electron chi connectivity index (χ1n) is 14.7. The molecule has 0 amide bonds. The number of nitrogens with zero attached hydrogens (tertiary/aromatic N) is 1. The lowest BCUT2D eigenvalue weighted by molar-refractivity contribution is 0.000913. The van der Waals surface area contributed by atoms with Crippen molar-refractivity contribution in [1.29, 1.82) is 0 Å². The molecule has 37 heavy (non-hydrogen) atoms. The van der Waals surface area contributed by atoms with E-state index in [-0.39, 0.29) is 0 Å². The Hall–Kier alpha value is -2.20. The van der Waals surface area contributed by atoms with E-state index in [0.717, 1.165) is 68.3 Å². The van der Waals surface area contributed by atoms with Gasteiger partial charge in [-0.1, -0.05) is 39.8 Å². The van der Waals surface area contributed by atoms with Gasteiger partial charge in [-0.3, -0.25) is 4.90 Å². The molecule has 0 spiro atoms. The number of aromatic hydroxyl groups is 1. The first-order chi connectivity index (χ1) is 17.9. The third kappa shape index (κ3) is 4.99. The van der Waals surface area contributed by atoms with E-state index in [4.69, 9.17) is 9.47 Å². The van der Waals surface area contributed by atoms with Crippen molar-refractivity contribution in [2.24, 2.45) is 29.1 Å². The molecular formula is C33H47NO3. The molecule has 2 aromatic carbocycles. The van der Waals surface area contributed by atoms with E-state index in [1.165, 1.54) is 42.4 Å². The Bertz CT molecular complexity index is 1080. The van der Waals surface area contributed by atoms with Crippen LogP contribution in [0.2, 0.25) is 0 Å². The van der Waals surface area contributed by atoms with Crippen molar-refractivity contribution in [2.75, 3.05) is 26.8 Å². The number of fused-ring (bicyclic) bond motifs is 5. The van der Waals surface area contributed by atoms with Crippen molar-refractivity contribution in [3.05, 3.63) is 53.1 Å². The lowest BCUT2D eigenvalue weighted by Crippen LogP contribution is -2.45. The van der Waals surface area contributed by atoms with Gasteiger partial charge in [0, 0.05) is 18.2 Å². The van der Waals surface area contributed by atoms with Crippen LogP contribution in [0.1, 0.15) is 82.4 Å². The maximum atomic E-state index is 10.0. The number of rotatable bonds is 9. The van der Waals surface area contributed by atoms with Crippen LogP contribution in [-0.4, -0.2) is 36.8 Å². The van der Waals surface area contributed by atoms with Crippen molar-refractivity contribution in [1.82, 2.24) is 4.90 Å². The highest BCUT2D eigenvalue weighted by molar-refractivity contribution is 5.41. The van der Waals surface area contributed by atoms with Gasteiger partial charge in [0.1, 0.15) is 17.2 Å². The van der Waals surface area contributed by atoms with Gasteiger partial charge in [-0.15, -0.1) is 0 Å². The molecule has 5 rings (SSSR count). The fourth-order valence-electron chi connectivity index (χ4n) is 8.50. The Morgan fingerprint density at radius 3 is 2.62 bits per heavy atom. The predicted molar refractivity (Wildman–Crippen MR) is 150 cm³/mol. The van der Waals surface area contributed by atoms with Crippen LogP contribution in [0.3, 0.4) is 0 Å². The zero-order chi connectivity index (χ0) is 26.2. The minimum atomic E-state index is 0.415. The van der Waals surface area contributed by atoms with Crippen LogP contribution >= 0.6 is 0 Å². The van der Waals surface area contributed by atoms with Gasteiger partial charge < -0.3 is 14.6 Å². The molecule has 2 saturated carbocycles. The summed E-state index contributed by atoms with van der Waals surface area (Å²) in [6.45, 7) is 13.2. The molecule has 3 aliphatic rings. The Balaban J connectivity index is 1.23. The highest BCUT2D eigenvalue weighted by Gasteiger charge is 2.55. The topological polar surface area (TPSA) is 41.9 Å². The lowest BCUT2D eigenvalue weighted by atomic mass is 9.51. The predicted octanol–water partition coefficient (Wildman–Crippen LogP) is 7.43. The average molecular weight is 506 g/mol. The Morgan fingerprint density at radius 2 is 1.86 bits per heavy atom. The summed E-state index contributed by atoms with van der Waals surface area (Å²) in [5.41, 5.74) is 4.55. The van der Waals surface area contributed by atoms with E-state index < -0.39 is 0 Å². The van der Waals surface area contributed by atoms with Crippen LogP contribution in [0.15, 0.2) is 36.4 Å². The maximum Gasteiger partial charge on any atom is 0.127 e. The van der Waals surface area contributed by atoms with E-state index in [1.807, 2.05) is 12.1 Å². The number of hydrogen-bond acceptors (Lipinski definition) is 4. The SMILES string of the molecule is CCN(CC)Cc1ccc(OCC[C@H]2CC[C@H]3[C@@H]4[C@H](C)Cc5cc(O)ccc5[C@H]4CC[C@]23C)cc1OC. The summed E-state index contributed by atoms with van der Waals surface area (Å²) in [7, 11) is 1.76. The third-order valence-corrected chi connectivity index (χ3v) is 10.5. The Morgan fingerprint density at radius 1 is 1.05 bits per heavy atom. The van der Waals surface area contributed by atoms with E-state index in [9.17, 15) is 5.11 Å². The number of phenols is 1. The van der Waals surface area contributed by atoms with Gasteiger partial charge in [0.25, 0.3) is 0 Å². The summed E-state index contributed by atoms with van der Waals surface area (Å²) in [5, 5.41) is 10.0. The van der Waals surface area contributed by atoms with Crippen molar-refractivity contribution < 1.29 is 14.6 Å². The number of phenolic OH excluding ortho intramolecular Hbond substituents is 1. The van der Waals surface area contributed by atoms with Crippen LogP contribution < -0.4 is 9.47 Å². The fourth-order valence-corrected chi connectivity index (χ4v) is 8.50. The van der Waals surface area contributed by atoms with Crippen LogP contribution in [0.4, 0.5) is 0 Å². The summed E-state index contributed by atoms with van der Waals surface area (Å²) in [4.78, 5) is 2.40. The molecule has 0 bridgehead atoms. The number of ether oxygens (including phenoxy) is 2. The fraction of sp³-hybridized carbons (Fsp3) is 0.636. The molecule has 202 valence electrons. The molecule has 0 saturated heterocycles. The van der Waals surface area contributed by atoms with Crippen LogP contribution in [0, 0.1) is 29.1 Å². The molecule has 0 heterocycles. The maximum absolute atomic E-state index is 10.0. The summed E-state index contributed by atoms with van der Waals surface area (Å²) < 4.78 is 12.0. The second-order valence-corrected chi connectivity index (χ2v) is 12.2. The summed E-state index contributed by atoms with van der Waals surface area (Å²) >= 11 is 0. The first kappa shape index (κ1) is 26.4. The smallest absolute Gasteiger partial charge is 0.127 e. The van der Waals surface area contributed by atoms with Gasteiger partial charge in [0.2, 0.25) is 0 Å². The van der Waals surface area contributed by atoms with E-state index in [1.54, 1.807) is 7.11 Å². The minimum Gasteiger partial charge on any atom is -0.508 e. The minimum absolute atomic E-state index is 0.415. The van der Waals surface area contributed by atoms with Crippen molar-refractivity contribution in [2.45, 2.75) is 78.7 Å². The monoisotopic (exact) mass is 505 g/mol. The zero-order valence-corrected chi connectivity index (χ0v) is 23.6. The quantitative estimate of drug-likeness (QED) is 0.385. The van der Waals surface area contributed by atoms with Crippen molar-refractivity contribution in [3.63, 3.8) is 0 Å². The zero-order valence-electron chi connectivity index (χ0n) is 23.6. The van der Waals surface area contributed by atoms with Gasteiger partial charge in [-0.05, 0) is 116 Å². The molecule has 0 aliphatic heterocycles. The molecule has 4 heteroatoms. The molecule has 1 N–H and O–H groups in total. The van der Waals surface area contributed by atoms with E-state index >= 15 is 0 Å². The second kappa shape index (κ2) is 10.9. The van der Waals surface area contributed by atoms with Gasteiger partial charge >= 0.3 is 0 Å². The summed E-state index contributed by atoms with van der Waals surface area (Å²) in [6.07, 6.45) is 7.51. The molecule has 2 aromatic rings. The number of benzene rings is 2. The first-order valence-corrected chi connectivity index (χ1v) is 14.7. The molecule has 2 fully saturated rings.